The van der Waals surface area contributed by atoms with Gasteiger partial charge in [0.05, 0.1) is 47.0 Å². The summed E-state index contributed by atoms with van der Waals surface area (Å²) in [6, 6.07) is 23.0. The molecule has 0 spiro atoms. The summed E-state index contributed by atoms with van der Waals surface area (Å²) in [4.78, 5) is 20.5. The number of aryl methyl sites for hydroxylation is 4. The molecule has 0 saturated heterocycles. The average molecular weight is 1260 g/mol. The highest BCUT2D eigenvalue weighted by Crippen LogP contribution is 2.46. The van der Waals surface area contributed by atoms with Gasteiger partial charge in [-0.15, -0.1) is 0 Å². The first-order valence-electron chi connectivity index (χ1n) is 37.2. The average Bonchev–Trinajstić information content (AvgIpc) is 1.60. The lowest BCUT2D eigenvalue weighted by Crippen LogP contribution is -1.98. The number of H-pyrrole nitrogens is 2. The summed E-state index contributed by atoms with van der Waals surface area (Å²) in [7, 11) is 4.23. The van der Waals surface area contributed by atoms with E-state index < -0.39 is 0 Å². The molecule has 0 unspecified atom stereocenters. The number of aromatic amines is 2. The Morgan fingerprint density at radius 1 is 0.389 bits per heavy atom. The summed E-state index contributed by atoms with van der Waals surface area (Å²) in [5.41, 5.74) is 24.5. The molecule has 14 bridgehead atoms. The molecule has 0 amide bonds. The van der Waals surface area contributed by atoms with Crippen LogP contribution in [0.15, 0.2) is 60.7 Å². The van der Waals surface area contributed by atoms with Crippen LogP contribution in [0.3, 0.4) is 0 Å². The van der Waals surface area contributed by atoms with Crippen molar-refractivity contribution in [1.82, 2.24) is 19.9 Å². The van der Waals surface area contributed by atoms with Crippen LogP contribution < -0.4 is 9.47 Å². The van der Waals surface area contributed by atoms with E-state index in [4.69, 9.17) is 19.4 Å². The number of benzene rings is 2. The topological polar surface area (TPSA) is 75.8 Å². The molecule has 8 heteroatoms. The van der Waals surface area contributed by atoms with Gasteiger partial charge in [0.1, 0.15) is 11.5 Å². The minimum absolute atomic E-state index is 0.733. The molecule has 0 radical (unpaired) electrons. The molecule has 2 aromatic carbocycles. The molecule has 0 atom stereocenters. The second kappa shape index (κ2) is 39.8. The summed E-state index contributed by atoms with van der Waals surface area (Å²) in [5.74, 6) is 4.49. The number of nitrogens with zero attached hydrogens (tertiary/aromatic N) is 2. The van der Waals surface area contributed by atoms with Gasteiger partial charge in [0, 0.05) is 33.7 Å². The zero-order valence-electron chi connectivity index (χ0n) is 58.0. The van der Waals surface area contributed by atoms with Crippen LogP contribution in [0.25, 0.3) is 66.6 Å². The monoisotopic (exact) mass is 1260 g/mol. The highest BCUT2D eigenvalue weighted by Gasteiger charge is 2.27. The Labute approximate surface area is 555 Å². The number of hydrogen-bond acceptors (Lipinski definition) is 6. The number of rotatable bonds is 20. The minimum atomic E-state index is 0.733. The maximum absolute atomic E-state index is 6.76. The van der Waals surface area contributed by atoms with Gasteiger partial charge in [0.2, 0.25) is 0 Å². The SMILES string of the molecule is CCCCCCC1=C(C)c2nc1cc1[nH]c(c(C)c1CCCCCC)c1c3nc(cc4[nH]c(c(C)c4CCCCCC)c2-c2cccc(c2)OCCCCCCCCCCCSSCCCCCCCCCCCOc2cccc-1c2)C(CCCCCC)=C3C. The molecule has 5 aromatic rings. The molecule has 4 aliphatic rings. The zero-order chi connectivity index (χ0) is 63.1. The first-order valence-corrected chi connectivity index (χ1v) is 39.7. The molecule has 2 N–H and O–H groups in total. The van der Waals surface area contributed by atoms with E-state index in [2.05, 4.69) is 148 Å². The number of ether oxygens (including phenoxy) is 2. The third kappa shape index (κ3) is 20.9. The van der Waals surface area contributed by atoms with Crippen LogP contribution in [-0.2, 0) is 12.8 Å². The fraction of sp³-hybridized carbons (Fsp3) is 0.610. The van der Waals surface area contributed by atoms with E-state index in [9.17, 15) is 0 Å². The third-order valence-corrected chi connectivity index (χ3v) is 22.4. The second-order valence-corrected chi connectivity index (χ2v) is 29.7. The van der Waals surface area contributed by atoms with E-state index in [1.807, 2.05) is 0 Å². The molecule has 6 nitrogen and oxygen atoms in total. The zero-order valence-corrected chi connectivity index (χ0v) is 59.6. The number of allylic oxidation sites excluding steroid dienone is 4. The lowest BCUT2D eigenvalue weighted by atomic mass is 9.93. The maximum Gasteiger partial charge on any atom is 0.119 e. The van der Waals surface area contributed by atoms with E-state index in [0.29, 0.717) is 0 Å². The molecular weight excluding hydrogens is 1140 g/mol. The van der Waals surface area contributed by atoms with Gasteiger partial charge in [-0.3, -0.25) is 0 Å². The standard InChI is InChI=1S/C82H120N4O2S2/c1-9-13-17-35-49-69-61(5)79-77-65-45-43-47-67(57-65)87-53-39-31-27-23-21-25-29-33-41-55-89-90-56-42-34-30-26-22-24-28-32-40-54-88-68-48-44-46-66(58-68)78(81-62(6)70(50-36-18-14-10-2)74(84-81)59-73(69)83-79)82-64(8)72(52-38-20-16-12-4)76(86-82)60-75-71(51-37-19-15-11-3)63(7)80(77)85-75/h43-48,57-60,83,86H,9-42,49-56H2,1-8H3. The van der Waals surface area contributed by atoms with E-state index >= 15 is 0 Å². The van der Waals surface area contributed by atoms with Crippen LogP contribution in [0.4, 0.5) is 0 Å². The number of hydrogen-bond donors (Lipinski definition) is 2. The predicted molar refractivity (Wildman–Crippen MR) is 399 cm³/mol. The van der Waals surface area contributed by atoms with Gasteiger partial charge in [0.25, 0.3) is 0 Å². The fourth-order valence-electron chi connectivity index (χ4n) is 14.2. The van der Waals surface area contributed by atoms with Crippen molar-refractivity contribution in [2.45, 2.75) is 299 Å². The third-order valence-electron chi connectivity index (χ3n) is 19.8. The Hall–Kier alpha value is -4.66. The molecule has 9 rings (SSSR count). The molecule has 90 heavy (non-hydrogen) atoms. The summed E-state index contributed by atoms with van der Waals surface area (Å²) in [6.07, 6.45) is 46.8. The summed E-state index contributed by atoms with van der Waals surface area (Å²) in [6.45, 7) is 20.3. The van der Waals surface area contributed by atoms with Crippen LogP contribution in [0.2, 0.25) is 0 Å². The molecule has 492 valence electrons. The highest BCUT2D eigenvalue weighted by molar-refractivity contribution is 8.76. The first kappa shape index (κ1) is 71.2. The van der Waals surface area contributed by atoms with Crippen molar-refractivity contribution in [3.05, 3.63) is 106 Å². The lowest BCUT2D eigenvalue weighted by molar-refractivity contribution is 0.304. The van der Waals surface area contributed by atoms with Gasteiger partial charge in [-0.25, -0.2) is 9.97 Å². The van der Waals surface area contributed by atoms with Crippen molar-refractivity contribution in [2.75, 3.05) is 24.7 Å². The quantitative estimate of drug-likeness (QED) is 0.0597. The molecule has 4 aliphatic heterocycles. The van der Waals surface area contributed by atoms with Gasteiger partial charge in [0.15, 0.2) is 0 Å². The Bertz CT molecular complexity index is 3000. The Morgan fingerprint density at radius 2 is 0.733 bits per heavy atom. The van der Waals surface area contributed by atoms with Crippen LogP contribution >= 0.6 is 21.6 Å². The number of unbranched alkanes of at least 4 members (excludes halogenated alkanes) is 12. The largest absolute Gasteiger partial charge is 0.494 e. The van der Waals surface area contributed by atoms with Crippen molar-refractivity contribution in [3.8, 4) is 33.8 Å². The van der Waals surface area contributed by atoms with Crippen LogP contribution in [0.1, 0.15) is 318 Å². The van der Waals surface area contributed by atoms with Crippen molar-refractivity contribution in [1.29, 1.82) is 0 Å². The Kier molecular flexibility index (Phi) is 31.5. The molecular formula is C82H120N4O2S2. The minimum Gasteiger partial charge on any atom is -0.494 e. The Balaban J connectivity index is 1.35. The maximum atomic E-state index is 6.76. The molecule has 3 aromatic heterocycles. The van der Waals surface area contributed by atoms with Crippen molar-refractivity contribution >= 4 is 65.9 Å². The van der Waals surface area contributed by atoms with E-state index in [-0.39, 0.29) is 0 Å². The highest BCUT2D eigenvalue weighted by atomic mass is 33.1. The lowest BCUT2D eigenvalue weighted by Gasteiger charge is -2.12. The normalized spacial score (nSPS) is 16.1. The number of nitrogens with one attached hydrogen (secondary N) is 2. The van der Waals surface area contributed by atoms with Gasteiger partial charge >= 0.3 is 0 Å². The van der Waals surface area contributed by atoms with Crippen LogP contribution in [-0.4, -0.2) is 44.7 Å². The van der Waals surface area contributed by atoms with Crippen LogP contribution in [0, 0.1) is 13.8 Å². The van der Waals surface area contributed by atoms with Crippen molar-refractivity contribution in [3.63, 3.8) is 0 Å². The molecule has 7 heterocycles. The molecule has 0 aliphatic carbocycles. The first-order chi connectivity index (χ1) is 44.3. The van der Waals surface area contributed by atoms with E-state index in [1.165, 1.54) is 269 Å². The number of fused-ring (bicyclic) bond motifs is 25. The van der Waals surface area contributed by atoms with E-state index in [1.54, 1.807) is 0 Å². The van der Waals surface area contributed by atoms with Gasteiger partial charge in [-0.05, 0) is 197 Å². The van der Waals surface area contributed by atoms with Crippen LogP contribution in [0.5, 0.6) is 11.5 Å². The fourth-order valence-corrected chi connectivity index (χ4v) is 16.5. The van der Waals surface area contributed by atoms with Crippen molar-refractivity contribution in [2.24, 2.45) is 0 Å². The molecule has 0 saturated carbocycles. The summed E-state index contributed by atoms with van der Waals surface area (Å²) >= 11 is 0. The summed E-state index contributed by atoms with van der Waals surface area (Å²) < 4.78 is 13.5. The van der Waals surface area contributed by atoms with Gasteiger partial charge < -0.3 is 19.4 Å². The number of aromatic nitrogens is 4. The van der Waals surface area contributed by atoms with Crippen molar-refractivity contribution < 1.29 is 9.47 Å². The smallest absolute Gasteiger partial charge is 0.119 e. The van der Waals surface area contributed by atoms with Gasteiger partial charge in [-0.1, -0.05) is 240 Å². The Morgan fingerprint density at radius 3 is 1.10 bits per heavy atom. The summed E-state index contributed by atoms with van der Waals surface area (Å²) in [5, 5.41) is 0. The molecule has 0 fully saturated rings. The van der Waals surface area contributed by atoms with E-state index in [0.717, 1.165) is 123 Å². The second-order valence-electron chi connectivity index (χ2n) is 27.0. The predicted octanol–water partition coefficient (Wildman–Crippen LogP) is 26.5. The van der Waals surface area contributed by atoms with Gasteiger partial charge in [-0.2, -0.15) is 0 Å².